The first-order valence-corrected chi connectivity index (χ1v) is 9.59. The van der Waals surface area contributed by atoms with Crippen LogP contribution in [-0.2, 0) is 19.1 Å². The van der Waals surface area contributed by atoms with Crippen molar-refractivity contribution in [2.45, 2.75) is 26.9 Å². The van der Waals surface area contributed by atoms with Crippen molar-refractivity contribution in [2.75, 3.05) is 19.8 Å². The van der Waals surface area contributed by atoms with Crippen molar-refractivity contribution < 1.29 is 38.5 Å². The minimum absolute atomic E-state index is 0.147. The monoisotopic (exact) mass is 423 g/mol. The van der Waals surface area contributed by atoms with Crippen LogP contribution in [0.15, 0.2) is 23.1 Å². The molecule has 10 heteroatoms. The molecular formula is C19H21NO8S. The van der Waals surface area contributed by atoms with E-state index in [1.165, 1.54) is 12.1 Å². The van der Waals surface area contributed by atoms with E-state index in [1.807, 2.05) is 0 Å². The number of ether oxygens (including phenoxy) is 3. The summed E-state index contributed by atoms with van der Waals surface area (Å²) in [6, 6.07) is 4.69. The zero-order valence-corrected chi connectivity index (χ0v) is 17.0. The molecule has 0 radical (unpaired) electrons. The fourth-order valence-electron chi connectivity index (χ4n) is 2.36. The first kappa shape index (κ1) is 22.3. The molecule has 0 saturated carbocycles. The lowest BCUT2D eigenvalue weighted by atomic mass is 10.2. The van der Waals surface area contributed by atoms with Crippen LogP contribution in [0.3, 0.4) is 0 Å². The Morgan fingerprint density at radius 3 is 2.55 bits per heavy atom. The maximum atomic E-state index is 12.5. The lowest BCUT2D eigenvalue weighted by Gasteiger charge is -2.13. The Balaban J connectivity index is 2.19. The summed E-state index contributed by atoms with van der Waals surface area (Å²) in [6.45, 7) is 4.45. The van der Waals surface area contributed by atoms with Gasteiger partial charge in [-0.3, -0.25) is 19.3 Å². The van der Waals surface area contributed by atoms with Crippen molar-refractivity contribution in [1.82, 2.24) is 4.90 Å². The molecule has 29 heavy (non-hydrogen) atoms. The smallest absolute Gasteiger partial charge is 0.341 e. The van der Waals surface area contributed by atoms with Crippen molar-refractivity contribution in [3.63, 3.8) is 0 Å². The third-order valence-electron chi connectivity index (χ3n) is 3.44. The van der Waals surface area contributed by atoms with E-state index in [-0.39, 0.29) is 16.8 Å². The Morgan fingerprint density at radius 1 is 1.21 bits per heavy atom. The van der Waals surface area contributed by atoms with Crippen LogP contribution in [-0.4, -0.2) is 59.0 Å². The number of carbonyl (C=O) groups excluding carboxylic acids is 3. The minimum atomic E-state index is -1.12. The molecule has 156 valence electrons. The zero-order valence-electron chi connectivity index (χ0n) is 16.2. The number of rotatable bonds is 9. The fourth-order valence-corrected chi connectivity index (χ4v) is 3.20. The lowest BCUT2D eigenvalue weighted by molar-refractivity contribution is -0.149. The molecule has 1 fully saturated rings. The number of carboxylic acid groups (broad SMARTS) is 1. The Kier molecular flexibility index (Phi) is 7.66. The maximum absolute atomic E-state index is 12.5. The number of nitrogens with zero attached hydrogens (tertiary/aromatic N) is 1. The first-order valence-electron chi connectivity index (χ1n) is 8.77. The van der Waals surface area contributed by atoms with E-state index in [2.05, 4.69) is 0 Å². The summed E-state index contributed by atoms with van der Waals surface area (Å²) in [4.78, 5) is 48.0. The molecule has 1 heterocycles. The van der Waals surface area contributed by atoms with Gasteiger partial charge in [-0.15, -0.1) is 0 Å². The molecule has 2 amide bonds. The Labute approximate surface area is 171 Å². The van der Waals surface area contributed by atoms with Gasteiger partial charge in [-0.2, -0.15) is 0 Å². The second-order valence-electron chi connectivity index (χ2n) is 6.13. The largest absolute Gasteiger partial charge is 0.490 e. The molecule has 1 aliphatic heterocycles. The Bertz CT molecular complexity index is 849. The molecule has 1 aromatic carbocycles. The van der Waals surface area contributed by atoms with Crippen molar-refractivity contribution in [1.29, 1.82) is 0 Å². The van der Waals surface area contributed by atoms with Gasteiger partial charge in [-0.1, -0.05) is 6.07 Å². The first-order chi connectivity index (χ1) is 13.7. The molecule has 0 aromatic heterocycles. The predicted octanol–water partition coefficient (Wildman–Crippen LogP) is 2.54. The minimum Gasteiger partial charge on any atom is -0.490 e. The van der Waals surface area contributed by atoms with Gasteiger partial charge in [-0.25, -0.2) is 4.79 Å². The number of carbonyl (C=O) groups is 4. The van der Waals surface area contributed by atoms with Crippen molar-refractivity contribution in [3.8, 4) is 11.5 Å². The van der Waals surface area contributed by atoms with Gasteiger partial charge in [0, 0.05) is 0 Å². The normalized spacial score (nSPS) is 15.2. The van der Waals surface area contributed by atoms with E-state index in [9.17, 15) is 19.2 Å². The van der Waals surface area contributed by atoms with E-state index in [4.69, 9.17) is 19.3 Å². The number of carboxylic acids is 1. The van der Waals surface area contributed by atoms with Crippen LogP contribution in [0.4, 0.5) is 4.79 Å². The summed E-state index contributed by atoms with van der Waals surface area (Å²) in [7, 11) is 0. The SMILES string of the molecule is CCOc1cc(/C=C2/SC(=O)N(CC(=O)OC(C)C)C2=O)ccc1OCC(=O)O. The molecule has 1 saturated heterocycles. The molecule has 0 bridgehead atoms. The molecule has 1 aromatic rings. The molecule has 9 nitrogen and oxygen atoms in total. The molecule has 1 N–H and O–H groups in total. The van der Waals surface area contributed by atoms with Gasteiger partial charge in [0.25, 0.3) is 11.1 Å². The van der Waals surface area contributed by atoms with Crippen molar-refractivity contribution in [2.24, 2.45) is 0 Å². The number of esters is 1. The maximum Gasteiger partial charge on any atom is 0.341 e. The molecule has 1 aliphatic rings. The fraction of sp³-hybridized carbons (Fsp3) is 0.368. The van der Waals surface area contributed by atoms with Gasteiger partial charge < -0.3 is 19.3 Å². The average Bonchev–Trinajstić information content (AvgIpc) is 2.88. The topological polar surface area (TPSA) is 119 Å². The highest BCUT2D eigenvalue weighted by molar-refractivity contribution is 8.18. The third kappa shape index (κ3) is 6.24. The summed E-state index contributed by atoms with van der Waals surface area (Å²) in [5, 5.41) is 8.18. The molecule has 0 unspecified atom stereocenters. The van der Waals surface area contributed by atoms with Crippen LogP contribution in [0.1, 0.15) is 26.3 Å². The van der Waals surface area contributed by atoms with E-state index < -0.39 is 36.2 Å². The van der Waals surface area contributed by atoms with Gasteiger partial charge in [0.15, 0.2) is 18.1 Å². The number of amides is 2. The third-order valence-corrected chi connectivity index (χ3v) is 4.35. The van der Waals surface area contributed by atoms with Crippen molar-refractivity contribution >= 4 is 40.9 Å². The van der Waals surface area contributed by atoms with Gasteiger partial charge >= 0.3 is 11.9 Å². The summed E-state index contributed by atoms with van der Waals surface area (Å²) in [5.41, 5.74) is 0.548. The van der Waals surface area contributed by atoms with E-state index in [0.717, 1.165) is 4.90 Å². The number of imide groups is 1. The van der Waals surface area contributed by atoms with Crippen LogP contribution in [0.5, 0.6) is 11.5 Å². The highest BCUT2D eigenvalue weighted by atomic mass is 32.2. The second kappa shape index (κ2) is 9.97. The number of thioether (sulfide) groups is 1. The van der Waals surface area contributed by atoms with E-state index in [0.29, 0.717) is 29.7 Å². The van der Waals surface area contributed by atoms with E-state index in [1.54, 1.807) is 32.9 Å². The molecule has 0 spiro atoms. The quantitative estimate of drug-likeness (QED) is 0.472. The van der Waals surface area contributed by atoms with Gasteiger partial charge in [0.2, 0.25) is 0 Å². The summed E-state index contributed by atoms with van der Waals surface area (Å²) >= 11 is 0.716. The standard InChI is InChI=1S/C19H21NO8S/c1-4-26-14-7-12(5-6-13(14)27-10-16(21)22)8-15-18(24)20(19(25)29-15)9-17(23)28-11(2)3/h5-8,11H,4,9-10H2,1-3H3,(H,21,22)/b15-8+. The lowest BCUT2D eigenvalue weighted by Crippen LogP contribution is -2.35. The van der Waals surface area contributed by atoms with Gasteiger partial charge in [0.05, 0.1) is 17.6 Å². The number of hydrogen-bond acceptors (Lipinski definition) is 8. The van der Waals surface area contributed by atoms with Crippen LogP contribution in [0.25, 0.3) is 6.08 Å². The highest BCUT2D eigenvalue weighted by Gasteiger charge is 2.36. The summed E-state index contributed by atoms with van der Waals surface area (Å²) < 4.78 is 15.6. The second-order valence-corrected chi connectivity index (χ2v) is 7.12. The van der Waals surface area contributed by atoms with Crippen LogP contribution < -0.4 is 9.47 Å². The van der Waals surface area contributed by atoms with Crippen LogP contribution >= 0.6 is 11.8 Å². The molecule has 0 aliphatic carbocycles. The van der Waals surface area contributed by atoms with Crippen molar-refractivity contribution in [3.05, 3.63) is 28.7 Å². The summed E-state index contributed by atoms with van der Waals surface area (Å²) in [5.74, 6) is -1.83. The van der Waals surface area contributed by atoms with Gasteiger partial charge in [-0.05, 0) is 56.3 Å². The number of benzene rings is 1. The van der Waals surface area contributed by atoms with E-state index >= 15 is 0 Å². The average molecular weight is 423 g/mol. The Hall–Kier alpha value is -3.01. The predicted molar refractivity (Wildman–Crippen MR) is 105 cm³/mol. The number of hydrogen-bond donors (Lipinski definition) is 1. The van der Waals surface area contributed by atoms with Crippen LogP contribution in [0.2, 0.25) is 0 Å². The summed E-state index contributed by atoms with van der Waals surface area (Å²) in [6.07, 6.45) is 1.14. The Morgan fingerprint density at radius 2 is 1.93 bits per heavy atom. The number of aliphatic carboxylic acids is 1. The van der Waals surface area contributed by atoms with Crippen LogP contribution in [0, 0.1) is 0 Å². The molecule has 0 atom stereocenters. The molecule has 2 rings (SSSR count). The zero-order chi connectivity index (χ0) is 21.6. The van der Waals surface area contributed by atoms with Gasteiger partial charge in [0.1, 0.15) is 6.54 Å². The molecular weight excluding hydrogens is 402 g/mol. The highest BCUT2D eigenvalue weighted by Crippen LogP contribution is 2.34.